The van der Waals surface area contributed by atoms with Gasteiger partial charge in [0.25, 0.3) is 11.8 Å². The minimum atomic E-state index is -4.86. The molecule has 1 N–H and O–H groups in total. The number of nitrogens with zero attached hydrogens (tertiary/aromatic N) is 2. The van der Waals surface area contributed by atoms with Crippen LogP contribution in [0.2, 0.25) is 0 Å². The minimum absolute atomic E-state index is 0.00229. The van der Waals surface area contributed by atoms with Crippen molar-refractivity contribution in [2.24, 2.45) is 5.92 Å². The van der Waals surface area contributed by atoms with Crippen molar-refractivity contribution in [2.45, 2.75) is 31.9 Å². The molecular weight excluding hydrogens is 403 g/mol. The minimum Gasteiger partial charge on any atom is -0.356 e. The maximum atomic E-state index is 12.4. The van der Waals surface area contributed by atoms with Crippen LogP contribution in [0.15, 0.2) is 24.3 Å². The van der Waals surface area contributed by atoms with E-state index in [0.717, 1.165) is 9.80 Å². The summed E-state index contributed by atoms with van der Waals surface area (Å²) < 4.78 is 37.3. The Morgan fingerprint density at radius 2 is 1.60 bits per heavy atom. The number of carbonyl (C=O) groups excluding carboxylic acids is 4. The van der Waals surface area contributed by atoms with Crippen LogP contribution in [0.1, 0.15) is 46.4 Å². The predicted octanol–water partition coefficient (Wildman–Crippen LogP) is 1.98. The van der Waals surface area contributed by atoms with Gasteiger partial charge in [0.15, 0.2) is 0 Å². The van der Waals surface area contributed by atoms with E-state index in [1.54, 1.807) is 24.3 Å². The largest absolute Gasteiger partial charge is 0.471 e. The number of hydrogen-bond donors (Lipinski definition) is 1. The first-order valence-electron chi connectivity index (χ1n) is 9.76. The molecule has 0 aliphatic carbocycles. The van der Waals surface area contributed by atoms with Crippen molar-refractivity contribution in [2.75, 3.05) is 26.2 Å². The lowest BCUT2D eigenvalue weighted by atomic mass is 9.96. The highest BCUT2D eigenvalue weighted by molar-refractivity contribution is 6.21. The van der Waals surface area contributed by atoms with Gasteiger partial charge in [0.05, 0.1) is 11.1 Å². The van der Waals surface area contributed by atoms with Gasteiger partial charge in [-0.2, -0.15) is 13.2 Å². The maximum absolute atomic E-state index is 12.4. The van der Waals surface area contributed by atoms with Crippen LogP contribution in [-0.2, 0) is 9.59 Å². The molecule has 1 fully saturated rings. The lowest BCUT2D eigenvalue weighted by Gasteiger charge is -2.32. The third-order valence-corrected chi connectivity index (χ3v) is 5.40. The number of fused-ring (bicyclic) bond motifs is 1. The van der Waals surface area contributed by atoms with E-state index in [-0.39, 0.29) is 49.7 Å². The molecular formula is C20H22F3N3O4. The zero-order valence-electron chi connectivity index (χ0n) is 16.2. The average Bonchev–Trinajstić information content (AvgIpc) is 2.96. The van der Waals surface area contributed by atoms with Crippen molar-refractivity contribution in [3.63, 3.8) is 0 Å². The first-order chi connectivity index (χ1) is 14.2. The van der Waals surface area contributed by atoms with Crippen LogP contribution >= 0.6 is 0 Å². The van der Waals surface area contributed by atoms with Crippen LogP contribution in [0.25, 0.3) is 0 Å². The van der Waals surface area contributed by atoms with Crippen LogP contribution in [0.3, 0.4) is 0 Å². The monoisotopic (exact) mass is 425 g/mol. The number of piperidine rings is 1. The molecule has 0 atom stereocenters. The number of rotatable bonds is 6. The highest BCUT2D eigenvalue weighted by atomic mass is 19.4. The van der Waals surface area contributed by atoms with Gasteiger partial charge >= 0.3 is 12.1 Å². The van der Waals surface area contributed by atoms with Gasteiger partial charge in [-0.1, -0.05) is 12.1 Å². The summed E-state index contributed by atoms with van der Waals surface area (Å²) in [5.41, 5.74) is 0.726. The van der Waals surface area contributed by atoms with E-state index in [1.165, 1.54) is 0 Å². The molecule has 162 valence electrons. The zero-order chi connectivity index (χ0) is 21.9. The second kappa shape index (κ2) is 8.85. The summed E-state index contributed by atoms with van der Waals surface area (Å²) in [4.78, 5) is 49.7. The van der Waals surface area contributed by atoms with Gasteiger partial charge in [0.1, 0.15) is 0 Å². The van der Waals surface area contributed by atoms with Crippen LogP contribution in [0.5, 0.6) is 0 Å². The number of nitrogens with one attached hydrogen (secondary N) is 1. The quantitative estimate of drug-likeness (QED) is 0.707. The molecule has 1 aromatic rings. The molecule has 2 aliphatic rings. The first-order valence-corrected chi connectivity index (χ1v) is 9.76. The second-order valence-electron chi connectivity index (χ2n) is 7.45. The molecule has 30 heavy (non-hydrogen) atoms. The molecule has 2 heterocycles. The van der Waals surface area contributed by atoms with Gasteiger partial charge in [0.2, 0.25) is 5.91 Å². The number of imide groups is 1. The van der Waals surface area contributed by atoms with E-state index >= 15 is 0 Å². The van der Waals surface area contributed by atoms with E-state index in [4.69, 9.17) is 0 Å². The Morgan fingerprint density at radius 3 is 2.13 bits per heavy atom. The Morgan fingerprint density at radius 1 is 1.03 bits per heavy atom. The third kappa shape index (κ3) is 4.80. The second-order valence-corrected chi connectivity index (χ2v) is 7.45. The van der Waals surface area contributed by atoms with Crippen LogP contribution in [-0.4, -0.2) is 65.8 Å². The molecule has 0 saturated carbocycles. The zero-order valence-corrected chi connectivity index (χ0v) is 16.2. The number of likely N-dealkylation sites (tertiary alicyclic amines) is 1. The fraction of sp³-hybridized carbons (Fsp3) is 0.500. The van der Waals surface area contributed by atoms with Gasteiger partial charge < -0.3 is 10.2 Å². The fourth-order valence-electron chi connectivity index (χ4n) is 3.71. The van der Waals surface area contributed by atoms with Crippen LogP contribution in [0.4, 0.5) is 13.2 Å². The Bertz CT molecular complexity index is 813. The number of amides is 4. The summed E-state index contributed by atoms with van der Waals surface area (Å²) in [5, 5.41) is 2.74. The van der Waals surface area contributed by atoms with Gasteiger partial charge in [-0.15, -0.1) is 0 Å². The first kappa shape index (κ1) is 21.8. The van der Waals surface area contributed by atoms with E-state index < -0.39 is 12.1 Å². The summed E-state index contributed by atoms with van der Waals surface area (Å²) >= 11 is 0. The SMILES string of the molecule is O=C(CCCN1C(=O)c2ccccc2C1=O)NCC1CCN(C(=O)C(F)(F)F)CC1. The number of hydrogen-bond acceptors (Lipinski definition) is 4. The Labute approximate surface area is 171 Å². The molecule has 0 bridgehead atoms. The molecule has 0 aromatic heterocycles. The normalized spacial score (nSPS) is 17.3. The summed E-state index contributed by atoms with van der Waals surface area (Å²) in [6.07, 6.45) is -3.65. The number of carbonyl (C=O) groups is 4. The van der Waals surface area contributed by atoms with E-state index in [9.17, 15) is 32.3 Å². The highest BCUT2D eigenvalue weighted by Crippen LogP contribution is 2.24. The predicted molar refractivity (Wildman–Crippen MR) is 99.4 cm³/mol. The van der Waals surface area contributed by atoms with Crippen LogP contribution < -0.4 is 5.32 Å². The van der Waals surface area contributed by atoms with Crippen molar-refractivity contribution in [3.05, 3.63) is 35.4 Å². The molecule has 2 aliphatic heterocycles. The van der Waals surface area contributed by atoms with Crippen molar-refractivity contribution in [1.29, 1.82) is 0 Å². The molecule has 4 amide bonds. The van der Waals surface area contributed by atoms with E-state index in [2.05, 4.69) is 5.32 Å². The van der Waals surface area contributed by atoms with Crippen LogP contribution in [0, 0.1) is 5.92 Å². The molecule has 7 nitrogen and oxygen atoms in total. The van der Waals surface area contributed by atoms with Gasteiger partial charge in [0, 0.05) is 32.6 Å². The average molecular weight is 425 g/mol. The van der Waals surface area contributed by atoms with E-state index in [0.29, 0.717) is 36.9 Å². The van der Waals surface area contributed by atoms with Crippen molar-refractivity contribution >= 4 is 23.6 Å². The Kier molecular flexibility index (Phi) is 6.42. The third-order valence-electron chi connectivity index (χ3n) is 5.40. The standard InChI is InChI=1S/C20H22F3N3O4/c21-20(22,23)19(30)25-10-7-13(8-11-25)12-24-16(27)6-3-9-26-17(28)14-4-1-2-5-15(14)18(26)29/h1-2,4-5,13H,3,6-12H2,(H,24,27). The van der Waals surface area contributed by atoms with E-state index in [1.807, 2.05) is 0 Å². The fourth-order valence-corrected chi connectivity index (χ4v) is 3.71. The molecule has 10 heteroatoms. The number of benzene rings is 1. The highest BCUT2D eigenvalue weighted by Gasteiger charge is 2.43. The van der Waals surface area contributed by atoms with Gasteiger partial charge in [-0.3, -0.25) is 24.1 Å². The lowest BCUT2D eigenvalue weighted by Crippen LogP contribution is -2.46. The number of halogens is 3. The lowest BCUT2D eigenvalue weighted by molar-refractivity contribution is -0.186. The summed E-state index contributed by atoms with van der Waals surface area (Å²) in [5.74, 6) is -2.80. The Hall–Kier alpha value is -2.91. The topological polar surface area (TPSA) is 86.8 Å². The van der Waals surface area contributed by atoms with Gasteiger partial charge in [-0.25, -0.2) is 0 Å². The van der Waals surface area contributed by atoms with Crippen molar-refractivity contribution < 1.29 is 32.3 Å². The Balaban J connectivity index is 1.35. The summed E-state index contributed by atoms with van der Waals surface area (Å²) in [6, 6.07) is 6.56. The summed E-state index contributed by atoms with van der Waals surface area (Å²) in [6.45, 7) is 0.481. The molecule has 1 saturated heterocycles. The molecule has 1 aromatic carbocycles. The molecule has 0 unspecified atom stereocenters. The van der Waals surface area contributed by atoms with Gasteiger partial charge in [-0.05, 0) is 37.3 Å². The smallest absolute Gasteiger partial charge is 0.356 e. The summed E-state index contributed by atoms with van der Waals surface area (Å²) in [7, 11) is 0. The van der Waals surface area contributed by atoms with Crippen molar-refractivity contribution in [3.8, 4) is 0 Å². The maximum Gasteiger partial charge on any atom is 0.471 e. The molecule has 3 rings (SSSR count). The molecule has 0 spiro atoms. The number of alkyl halides is 3. The van der Waals surface area contributed by atoms with Crippen molar-refractivity contribution in [1.82, 2.24) is 15.1 Å². The molecule has 0 radical (unpaired) electrons.